The first-order valence-electron chi connectivity index (χ1n) is 7.80. The third-order valence-corrected chi connectivity index (χ3v) is 5.10. The first-order valence-corrected chi connectivity index (χ1v) is 8.95. The monoisotopic (exact) mass is 321 g/mol. The summed E-state index contributed by atoms with van der Waals surface area (Å²) in [7, 11) is 0. The van der Waals surface area contributed by atoms with Crippen LogP contribution in [-0.4, -0.2) is 28.3 Å². The zero-order chi connectivity index (χ0) is 16.0. The van der Waals surface area contributed by atoms with Crippen molar-refractivity contribution in [2.24, 2.45) is 0 Å². The zero-order valence-electron chi connectivity index (χ0n) is 12.9. The van der Waals surface area contributed by atoms with Gasteiger partial charge in [-0.2, -0.15) is 11.8 Å². The molecule has 2 N–H and O–H groups in total. The van der Waals surface area contributed by atoms with E-state index in [4.69, 9.17) is 0 Å². The van der Waals surface area contributed by atoms with Crippen LogP contribution in [-0.2, 0) is 10.5 Å². The lowest BCUT2D eigenvalue weighted by atomic mass is 9.81. The van der Waals surface area contributed by atoms with Crippen molar-refractivity contribution in [1.29, 1.82) is 0 Å². The van der Waals surface area contributed by atoms with Crippen molar-refractivity contribution in [3.63, 3.8) is 0 Å². The summed E-state index contributed by atoms with van der Waals surface area (Å²) < 4.78 is 0. The lowest BCUT2D eigenvalue weighted by Gasteiger charge is -2.34. The van der Waals surface area contributed by atoms with Gasteiger partial charge in [0.1, 0.15) is 5.54 Å². The minimum atomic E-state index is -1.09. The Balaban J connectivity index is 2.05. The Bertz CT molecular complexity index is 521. The van der Waals surface area contributed by atoms with E-state index in [1.807, 2.05) is 23.9 Å². The van der Waals surface area contributed by atoms with Crippen molar-refractivity contribution in [3.05, 3.63) is 35.4 Å². The molecule has 0 saturated heterocycles. The molecule has 0 atom stereocenters. The van der Waals surface area contributed by atoms with Crippen LogP contribution < -0.4 is 5.32 Å². The maximum Gasteiger partial charge on any atom is 0.329 e. The number of carboxylic acid groups (broad SMARTS) is 1. The Labute approximate surface area is 135 Å². The molecule has 5 heteroatoms. The van der Waals surface area contributed by atoms with Crippen LogP contribution in [0.2, 0.25) is 0 Å². The van der Waals surface area contributed by atoms with E-state index in [-0.39, 0.29) is 5.91 Å². The molecule has 1 aliphatic carbocycles. The smallest absolute Gasteiger partial charge is 0.329 e. The fraction of sp³-hybridized carbons (Fsp3) is 0.529. The molecule has 1 fully saturated rings. The number of aliphatic carboxylic acids is 1. The number of amides is 1. The molecule has 1 aliphatic rings. The van der Waals surface area contributed by atoms with Crippen LogP contribution in [0.3, 0.4) is 0 Å². The van der Waals surface area contributed by atoms with Crippen molar-refractivity contribution in [3.8, 4) is 0 Å². The predicted octanol–water partition coefficient (Wildman–Crippen LogP) is 3.46. The van der Waals surface area contributed by atoms with Crippen LogP contribution in [0.25, 0.3) is 0 Å². The lowest BCUT2D eigenvalue weighted by molar-refractivity contribution is -0.145. The first-order chi connectivity index (χ1) is 10.6. The van der Waals surface area contributed by atoms with Crippen LogP contribution in [0.1, 0.15) is 54.9 Å². The summed E-state index contributed by atoms with van der Waals surface area (Å²) in [5, 5.41) is 12.3. The molecule has 0 radical (unpaired) electrons. The molecule has 0 unspecified atom stereocenters. The standard InChI is InChI=1S/C17H23NO3S/c1-2-22-12-13-6-8-14(9-7-13)15(19)18-17(16(20)21)10-4-3-5-11-17/h6-9H,2-5,10-12H2,1H3,(H,18,19)(H,20,21). The van der Waals surface area contributed by atoms with Crippen molar-refractivity contribution >= 4 is 23.6 Å². The van der Waals surface area contributed by atoms with E-state index in [1.165, 1.54) is 5.56 Å². The Hall–Kier alpha value is -1.49. The van der Waals surface area contributed by atoms with E-state index in [9.17, 15) is 14.7 Å². The Kier molecular flexibility index (Phi) is 5.89. The zero-order valence-corrected chi connectivity index (χ0v) is 13.7. The maximum atomic E-state index is 12.4. The molecule has 120 valence electrons. The highest BCUT2D eigenvalue weighted by Crippen LogP contribution is 2.29. The minimum absolute atomic E-state index is 0.293. The van der Waals surface area contributed by atoms with Gasteiger partial charge in [-0.1, -0.05) is 38.3 Å². The summed E-state index contributed by atoms with van der Waals surface area (Å²) in [6.45, 7) is 2.11. The molecular formula is C17H23NO3S. The highest BCUT2D eigenvalue weighted by atomic mass is 32.2. The molecule has 22 heavy (non-hydrogen) atoms. The number of hydrogen-bond donors (Lipinski definition) is 2. The largest absolute Gasteiger partial charge is 0.480 e. The van der Waals surface area contributed by atoms with Gasteiger partial charge in [0, 0.05) is 11.3 Å². The van der Waals surface area contributed by atoms with Gasteiger partial charge in [-0.05, 0) is 36.3 Å². The molecule has 1 amide bonds. The van der Waals surface area contributed by atoms with Gasteiger partial charge in [0.2, 0.25) is 0 Å². The third-order valence-electron chi connectivity index (χ3n) is 4.16. The Morgan fingerprint density at radius 1 is 1.18 bits per heavy atom. The topological polar surface area (TPSA) is 66.4 Å². The normalized spacial score (nSPS) is 17.0. The van der Waals surface area contributed by atoms with Crippen LogP contribution in [0.15, 0.2) is 24.3 Å². The predicted molar refractivity (Wildman–Crippen MR) is 89.2 cm³/mol. The van der Waals surface area contributed by atoms with Gasteiger partial charge in [-0.15, -0.1) is 0 Å². The van der Waals surface area contributed by atoms with Crippen molar-refractivity contribution in [1.82, 2.24) is 5.32 Å². The highest BCUT2D eigenvalue weighted by Gasteiger charge is 2.41. The summed E-state index contributed by atoms with van der Waals surface area (Å²) in [4.78, 5) is 24.0. The second kappa shape index (κ2) is 7.68. The molecule has 2 rings (SSSR count). The van der Waals surface area contributed by atoms with Crippen LogP contribution in [0.4, 0.5) is 0 Å². The number of nitrogens with one attached hydrogen (secondary N) is 1. The highest BCUT2D eigenvalue weighted by molar-refractivity contribution is 7.98. The number of rotatable bonds is 6. The number of benzene rings is 1. The summed E-state index contributed by atoms with van der Waals surface area (Å²) in [6.07, 6.45) is 3.76. The van der Waals surface area contributed by atoms with Crippen molar-refractivity contribution < 1.29 is 14.7 Å². The molecule has 0 bridgehead atoms. The maximum absolute atomic E-state index is 12.4. The molecule has 1 saturated carbocycles. The second-order valence-corrected chi connectivity index (χ2v) is 7.01. The average molecular weight is 321 g/mol. The number of thioether (sulfide) groups is 1. The summed E-state index contributed by atoms with van der Waals surface area (Å²) >= 11 is 1.83. The number of hydrogen-bond acceptors (Lipinski definition) is 3. The van der Waals surface area contributed by atoms with E-state index >= 15 is 0 Å². The van der Waals surface area contributed by atoms with Gasteiger partial charge in [-0.25, -0.2) is 4.79 Å². The number of carboxylic acids is 1. The summed E-state index contributed by atoms with van der Waals surface area (Å²) in [5.74, 6) is 0.774. The van der Waals surface area contributed by atoms with Crippen molar-refractivity contribution in [2.75, 3.05) is 5.75 Å². The second-order valence-electron chi connectivity index (χ2n) is 5.74. The molecule has 0 aliphatic heterocycles. The van der Waals surface area contributed by atoms with Gasteiger partial charge >= 0.3 is 5.97 Å². The van der Waals surface area contributed by atoms with Crippen molar-refractivity contribution in [2.45, 2.75) is 50.3 Å². The fourth-order valence-electron chi connectivity index (χ4n) is 2.81. The molecule has 1 aromatic carbocycles. The van der Waals surface area contributed by atoms with Gasteiger partial charge in [-0.3, -0.25) is 4.79 Å². The van der Waals surface area contributed by atoms with Crippen LogP contribution in [0, 0.1) is 0 Å². The van der Waals surface area contributed by atoms with Crippen LogP contribution >= 0.6 is 11.8 Å². The van der Waals surface area contributed by atoms with E-state index in [0.29, 0.717) is 18.4 Å². The fourth-order valence-corrected chi connectivity index (χ4v) is 3.44. The quantitative estimate of drug-likeness (QED) is 0.842. The molecular weight excluding hydrogens is 298 g/mol. The van der Waals surface area contributed by atoms with Gasteiger partial charge in [0.25, 0.3) is 5.91 Å². The van der Waals surface area contributed by atoms with Gasteiger partial charge < -0.3 is 10.4 Å². The Morgan fingerprint density at radius 2 is 1.82 bits per heavy atom. The minimum Gasteiger partial charge on any atom is -0.480 e. The first kappa shape index (κ1) is 16.9. The molecule has 0 aromatic heterocycles. The third kappa shape index (κ3) is 4.03. The number of carbonyl (C=O) groups is 2. The lowest BCUT2D eigenvalue weighted by Crippen LogP contribution is -2.55. The molecule has 1 aromatic rings. The molecule has 4 nitrogen and oxygen atoms in total. The Morgan fingerprint density at radius 3 is 2.36 bits per heavy atom. The SMILES string of the molecule is CCSCc1ccc(C(=O)NC2(C(=O)O)CCCCC2)cc1. The van der Waals surface area contributed by atoms with E-state index in [1.54, 1.807) is 12.1 Å². The average Bonchev–Trinajstić information content (AvgIpc) is 2.54. The molecule has 0 heterocycles. The van der Waals surface area contributed by atoms with E-state index < -0.39 is 11.5 Å². The van der Waals surface area contributed by atoms with Crippen LogP contribution in [0.5, 0.6) is 0 Å². The van der Waals surface area contributed by atoms with E-state index in [0.717, 1.165) is 30.8 Å². The van der Waals surface area contributed by atoms with E-state index in [2.05, 4.69) is 12.2 Å². The van der Waals surface area contributed by atoms with Gasteiger partial charge in [0.15, 0.2) is 0 Å². The summed E-state index contributed by atoms with van der Waals surface area (Å²) in [5.41, 5.74) is 0.608. The molecule has 0 spiro atoms. The van der Waals surface area contributed by atoms with Gasteiger partial charge in [0.05, 0.1) is 0 Å². The number of carbonyl (C=O) groups excluding carboxylic acids is 1. The summed E-state index contributed by atoms with van der Waals surface area (Å²) in [6, 6.07) is 7.43.